The molecule has 0 saturated carbocycles. The van der Waals surface area contributed by atoms with Crippen LogP contribution in [0.5, 0.6) is 5.75 Å². The number of rotatable bonds is 5. The molecule has 3 nitrogen and oxygen atoms in total. The van der Waals surface area contributed by atoms with Gasteiger partial charge in [0.1, 0.15) is 5.75 Å². The van der Waals surface area contributed by atoms with E-state index in [-0.39, 0.29) is 12.5 Å². The molecule has 84 valence electrons. The molecule has 0 spiro atoms. The first-order chi connectivity index (χ1) is 7.26. The zero-order valence-corrected chi connectivity index (χ0v) is 9.36. The molecule has 0 fully saturated rings. The second-order valence-corrected chi connectivity index (χ2v) is 3.55. The Hall–Kier alpha value is -1.06. The van der Waals surface area contributed by atoms with Crippen molar-refractivity contribution in [3.8, 4) is 5.75 Å². The molecule has 0 heterocycles. The first-order valence-electron chi connectivity index (χ1n) is 5.24. The molecule has 0 bridgehead atoms. The number of aryl methyl sites for hydroxylation is 1. The van der Waals surface area contributed by atoms with E-state index in [9.17, 15) is 5.11 Å². The third-order valence-corrected chi connectivity index (χ3v) is 2.65. The summed E-state index contributed by atoms with van der Waals surface area (Å²) in [4.78, 5) is 0. The van der Waals surface area contributed by atoms with Crippen LogP contribution < -0.4 is 10.5 Å². The summed E-state index contributed by atoms with van der Waals surface area (Å²) in [6.07, 6.45) is 0.972. The Balaban J connectivity index is 3.09. The normalized spacial score (nSPS) is 12.5. The van der Waals surface area contributed by atoms with Crippen molar-refractivity contribution in [3.63, 3.8) is 0 Å². The highest BCUT2D eigenvalue weighted by atomic mass is 16.5. The smallest absolute Gasteiger partial charge is 0.122 e. The van der Waals surface area contributed by atoms with Crippen LogP contribution in [0.25, 0.3) is 0 Å². The largest absolute Gasteiger partial charge is 0.496 e. The van der Waals surface area contributed by atoms with Gasteiger partial charge < -0.3 is 15.6 Å². The van der Waals surface area contributed by atoms with Crippen LogP contribution in [-0.2, 0) is 6.42 Å². The molecule has 0 aliphatic heterocycles. The van der Waals surface area contributed by atoms with Gasteiger partial charge >= 0.3 is 0 Å². The molecule has 1 aromatic carbocycles. The van der Waals surface area contributed by atoms with Crippen molar-refractivity contribution < 1.29 is 9.84 Å². The highest BCUT2D eigenvalue weighted by Crippen LogP contribution is 2.27. The van der Waals surface area contributed by atoms with E-state index in [2.05, 4.69) is 13.0 Å². The topological polar surface area (TPSA) is 55.5 Å². The highest BCUT2D eigenvalue weighted by Gasteiger charge is 2.14. The lowest BCUT2D eigenvalue weighted by Gasteiger charge is -2.16. The van der Waals surface area contributed by atoms with Crippen molar-refractivity contribution in [2.24, 2.45) is 5.73 Å². The molecule has 1 unspecified atom stereocenters. The molecule has 0 aromatic heterocycles. The van der Waals surface area contributed by atoms with Gasteiger partial charge in [0.15, 0.2) is 0 Å². The molecule has 0 aliphatic carbocycles. The third kappa shape index (κ3) is 2.70. The van der Waals surface area contributed by atoms with E-state index in [1.54, 1.807) is 7.11 Å². The van der Waals surface area contributed by atoms with Gasteiger partial charge in [0, 0.05) is 18.0 Å². The predicted octanol–water partition coefficient (Wildman–Crippen LogP) is 1.29. The number of benzene rings is 1. The Kier molecular flexibility index (Phi) is 4.59. The Bertz CT molecular complexity index is 308. The molecule has 0 amide bonds. The Morgan fingerprint density at radius 2 is 2.20 bits per heavy atom. The molecular formula is C12H19NO2. The number of ether oxygens (including phenoxy) is 1. The molecule has 1 aromatic rings. The van der Waals surface area contributed by atoms with Crippen LogP contribution in [0.2, 0.25) is 0 Å². The van der Waals surface area contributed by atoms with E-state index in [0.29, 0.717) is 6.54 Å². The summed E-state index contributed by atoms with van der Waals surface area (Å²) >= 11 is 0. The van der Waals surface area contributed by atoms with Crippen LogP contribution in [0.4, 0.5) is 0 Å². The highest BCUT2D eigenvalue weighted by molar-refractivity contribution is 5.40. The first-order valence-corrected chi connectivity index (χ1v) is 5.24. The number of methoxy groups -OCH3 is 1. The summed E-state index contributed by atoms with van der Waals surface area (Å²) in [6, 6.07) is 6.03. The maximum atomic E-state index is 9.23. The van der Waals surface area contributed by atoms with Crippen LogP contribution in [0, 0.1) is 0 Å². The zero-order valence-electron chi connectivity index (χ0n) is 9.36. The fraction of sp³-hybridized carbons (Fsp3) is 0.500. The van der Waals surface area contributed by atoms with Crippen LogP contribution in [-0.4, -0.2) is 25.4 Å². The van der Waals surface area contributed by atoms with Gasteiger partial charge in [-0.3, -0.25) is 0 Å². The molecule has 3 N–H and O–H groups in total. The number of hydrogen-bond donors (Lipinski definition) is 2. The molecular weight excluding hydrogens is 190 g/mol. The predicted molar refractivity (Wildman–Crippen MR) is 61.3 cm³/mol. The summed E-state index contributed by atoms with van der Waals surface area (Å²) < 4.78 is 5.26. The van der Waals surface area contributed by atoms with Gasteiger partial charge in [0.05, 0.1) is 13.7 Å². The molecule has 0 aliphatic rings. The van der Waals surface area contributed by atoms with E-state index in [4.69, 9.17) is 10.5 Å². The maximum Gasteiger partial charge on any atom is 0.122 e. The van der Waals surface area contributed by atoms with Gasteiger partial charge in [-0.1, -0.05) is 19.1 Å². The minimum atomic E-state index is -0.0357. The molecule has 3 heteroatoms. The number of hydrogen-bond acceptors (Lipinski definition) is 3. The fourth-order valence-electron chi connectivity index (χ4n) is 1.62. The van der Waals surface area contributed by atoms with E-state index < -0.39 is 0 Å². The van der Waals surface area contributed by atoms with Gasteiger partial charge in [-0.05, 0) is 18.1 Å². The van der Waals surface area contributed by atoms with Gasteiger partial charge in [-0.25, -0.2) is 0 Å². The van der Waals surface area contributed by atoms with E-state index in [1.807, 2.05) is 12.1 Å². The quantitative estimate of drug-likeness (QED) is 0.768. The van der Waals surface area contributed by atoms with Crippen molar-refractivity contribution in [1.82, 2.24) is 0 Å². The van der Waals surface area contributed by atoms with Gasteiger partial charge in [0.25, 0.3) is 0 Å². The Labute approximate surface area is 90.9 Å². The van der Waals surface area contributed by atoms with Crippen molar-refractivity contribution in [2.75, 3.05) is 20.3 Å². The lowest BCUT2D eigenvalue weighted by atomic mass is 9.96. The van der Waals surface area contributed by atoms with Crippen LogP contribution in [0.1, 0.15) is 24.0 Å². The number of aliphatic hydroxyl groups is 1. The van der Waals surface area contributed by atoms with E-state index >= 15 is 0 Å². The van der Waals surface area contributed by atoms with Crippen LogP contribution >= 0.6 is 0 Å². The van der Waals surface area contributed by atoms with Crippen molar-refractivity contribution in [3.05, 3.63) is 29.3 Å². The lowest BCUT2D eigenvalue weighted by Crippen LogP contribution is -2.17. The van der Waals surface area contributed by atoms with E-state index in [1.165, 1.54) is 5.56 Å². The standard InChI is InChI=1S/C12H19NO2/c1-3-9-4-5-12(15-2)11(6-9)10(7-13)8-14/h4-6,10,14H,3,7-8,13H2,1-2H3. The summed E-state index contributed by atoms with van der Waals surface area (Å²) in [5.41, 5.74) is 7.85. The molecule has 0 radical (unpaired) electrons. The SMILES string of the molecule is CCc1ccc(OC)c(C(CN)CO)c1. The Morgan fingerprint density at radius 3 is 2.67 bits per heavy atom. The number of nitrogens with two attached hydrogens (primary N) is 1. The first kappa shape index (κ1) is 12.0. The van der Waals surface area contributed by atoms with Crippen molar-refractivity contribution in [1.29, 1.82) is 0 Å². The Morgan fingerprint density at radius 1 is 1.47 bits per heavy atom. The van der Waals surface area contributed by atoms with Gasteiger partial charge in [0.2, 0.25) is 0 Å². The van der Waals surface area contributed by atoms with Crippen molar-refractivity contribution >= 4 is 0 Å². The summed E-state index contributed by atoms with van der Waals surface area (Å²) in [6.45, 7) is 2.59. The second kappa shape index (κ2) is 5.73. The summed E-state index contributed by atoms with van der Waals surface area (Å²) in [5, 5.41) is 9.23. The minimum absolute atomic E-state index is 0.0357. The van der Waals surface area contributed by atoms with Crippen LogP contribution in [0.3, 0.4) is 0 Å². The van der Waals surface area contributed by atoms with Crippen LogP contribution in [0.15, 0.2) is 18.2 Å². The average molecular weight is 209 g/mol. The maximum absolute atomic E-state index is 9.23. The zero-order chi connectivity index (χ0) is 11.3. The lowest BCUT2D eigenvalue weighted by molar-refractivity contribution is 0.264. The van der Waals surface area contributed by atoms with Gasteiger partial charge in [-0.2, -0.15) is 0 Å². The third-order valence-electron chi connectivity index (χ3n) is 2.65. The second-order valence-electron chi connectivity index (χ2n) is 3.55. The van der Waals surface area contributed by atoms with Gasteiger partial charge in [-0.15, -0.1) is 0 Å². The monoisotopic (exact) mass is 209 g/mol. The molecule has 0 saturated heterocycles. The molecule has 1 rings (SSSR count). The molecule has 1 atom stereocenters. The van der Waals surface area contributed by atoms with E-state index in [0.717, 1.165) is 17.7 Å². The van der Waals surface area contributed by atoms with Crippen molar-refractivity contribution in [2.45, 2.75) is 19.3 Å². The summed E-state index contributed by atoms with van der Waals surface area (Å²) in [7, 11) is 1.63. The number of aliphatic hydroxyl groups excluding tert-OH is 1. The molecule has 15 heavy (non-hydrogen) atoms. The fourth-order valence-corrected chi connectivity index (χ4v) is 1.62. The summed E-state index contributed by atoms with van der Waals surface area (Å²) in [5.74, 6) is 0.767. The minimum Gasteiger partial charge on any atom is -0.496 e. The average Bonchev–Trinajstić information content (AvgIpc) is 2.30.